The zero-order valence-electron chi connectivity index (χ0n) is 15.1. The first-order valence-corrected chi connectivity index (χ1v) is 9.10. The average Bonchev–Trinajstić information content (AvgIpc) is 2.74. The van der Waals surface area contributed by atoms with Crippen molar-refractivity contribution in [2.24, 2.45) is 0 Å². The zero-order valence-corrected chi connectivity index (χ0v) is 15.1. The third kappa shape index (κ3) is 4.06. The second-order valence-electron chi connectivity index (χ2n) is 6.71. The number of rotatable bonds is 5. The Bertz CT molecular complexity index is 703. The number of fused-ring (bicyclic) bond motifs is 1. The second-order valence-corrected chi connectivity index (χ2v) is 6.71. The highest BCUT2D eigenvalue weighted by molar-refractivity contribution is 5.17. The highest BCUT2D eigenvalue weighted by Gasteiger charge is 2.50. The van der Waals surface area contributed by atoms with Crippen LogP contribution in [0.5, 0.6) is 0 Å². The lowest BCUT2D eigenvalue weighted by atomic mass is 9.97. The Morgan fingerprint density at radius 3 is 2.41 bits per heavy atom. The molecule has 27 heavy (non-hydrogen) atoms. The van der Waals surface area contributed by atoms with Gasteiger partial charge in [-0.05, 0) is 5.56 Å². The molecule has 4 rings (SSSR count). The molecule has 1 N–H and O–H groups in total. The average molecular weight is 372 g/mol. The van der Waals surface area contributed by atoms with Gasteiger partial charge in [-0.3, -0.25) is 0 Å². The molecule has 0 spiro atoms. The summed E-state index contributed by atoms with van der Waals surface area (Å²) >= 11 is 0. The van der Waals surface area contributed by atoms with E-state index >= 15 is 0 Å². The van der Waals surface area contributed by atoms with Crippen LogP contribution in [-0.2, 0) is 30.3 Å². The summed E-state index contributed by atoms with van der Waals surface area (Å²) in [6.07, 6.45) is -3.76. The fourth-order valence-corrected chi connectivity index (χ4v) is 3.48. The van der Waals surface area contributed by atoms with Crippen LogP contribution in [0.15, 0.2) is 60.7 Å². The van der Waals surface area contributed by atoms with Gasteiger partial charge >= 0.3 is 0 Å². The molecule has 2 heterocycles. The summed E-state index contributed by atoms with van der Waals surface area (Å²) in [6, 6.07) is 19.4. The smallest absolute Gasteiger partial charge is 0.186 e. The lowest BCUT2D eigenvalue weighted by Crippen LogP contribution is -2.62. The molecule has 2 aliphatic heterocycles. The lowest BCUT2D eigenvalue weighted by molar-refractivity contribution is -0.363. The van der Waals surface area contributed by atoms with Crippen molar-refractivity contribution in [1.82, 2.24) is 0 Å². The molecular formula is C21H24O6. The fraction of sp³-hybridized carbons (Fsp3) is 0.429. The van der Waals surface area contributed by atoms with Crippen molar-refractivity contribution in [1.29, 1.82) is 0 Å². The molecule has 0 bridgehead atoms. The third-order valence-corrected chi connectivity index (χ3v) is 4.90. The molecule has 6 nitrogen and oxygen atoms in total. The van der Waals surface area contributed by atoms with E-state index in [2.05, 4.69) is 0 Å². The number of hydrogen-bond acceptors (Lipinski definition) is 6. The maximum atomic E-state index is 10.9. The van der Waals surface area contributed by atoms with E-state index in [-0.39, 0.29) is 0 Å². The van der Waals surface area contributed by atoms with Crippen molar-refractivity contribution in [3.63, 3.8) is 0 Å². The van der Waals surface area contributed by atoms with Gasteiger partial charge in [0.1, 0.15) is 24.4 Å². The van der Waals surface area contributed by atoms with E-state index < -0.39 is 37.0 Å². The van der Waals surface area contributed by atoms with Gasteiger partial charge in [0.25, 0.3) is 0 Å². The molecule has 0 aromatic heterocycles. The van der Waals surface area contributed by atoms with Gasteiger partial charge in [0, 0.05) is 12.7 Å². The lowest BCUT2D eigenvalue weighted by Gasteiger charge is -2.47. The largest absolute Gasteiger partial charge is 0.387 e. The Morgan fingerprint density at radius 2 is 1.70 bits per heavy atom. The van der Waals surface area contributed by atoms with Crippen molar-refractivity contribution in [2.45, 2.75) is 43.6 Å². The normalized spacial score (nSPS) is 33.4. The monoisotopic (exact) mass is 372 g/mol. The third-order valence-electron chi connectivity index (χ3n) is 4.90. The van der Waals surface area contributed by atoms with E-state index in [4.69, 9.17) is 23.7 Å². The Balaban J connectivity index is 1.46. The molecule has 0 radical (unpaired) electrons. The Labute approximate surface area is 158 Å². The van der Waals surface area contributed by atoms with Crippen LogP contribution in [0.1, 0.15) is 17.4 Å². The van der Waals surface area contributed by atoms with Gasteiger partial charge in [-0.2, -0.15) is 0 Å². The van der Waals surface area contributed by atoms with Gasteiger partial charge in [0.05, 0.1) is 13.2 Å². The van der Waals surface area contributed by atoms with Crippen LogP contribution in [0.2, 0.25) is 0 Å². The number of ether oxygens (including phenoxy) is 5. The number of hydrogen-bond donors (Lipinski definition) is 1. The van der Waals surface area contributed by atoms with Crippen LogP contribution >= 0.6 is 0 Å². The Morgan fingerprint density at radius 1 is 1.00 bits per heavy atom. The fourth-order valence-electron chi connectivity index (χ4n) is 3.48. The van der Waals surface area contributed by atoms with Gasteiger partial charge < -0.3 is 28.8 Å². The molecular weight excluding hydrogens is 348 g/mol. The van der Waals surface area contributed by atoms with Gasteiger partial charge in [-0.1, -0.05) is 60.7 Å². The first-order chi connectivity index (χ1) is 13.3. The zero-order chi connectivity index (χ0) is 18.6. The minimum atomic E-state index is -0.896. The van der Waals surface area contributed by atoms with Gasteiger partial charge in [-0.15, -0.1) is 0 Å². The summed E-state index contributed by atoms with van der Waals surface area (Å²) in [5.41, 5.74) is 1.91. The second kappa shape index (κ2) is 8.48. The van der Waals surface area contributed by atoms with Crippen LogP contribution in [-0.4, -0.2) is 49.5 Å². The number of benzene rings is 2. The minimum Gasteiger partial charge on any atom is -0.387 e. The number of methoxy groups -OCH3 is 1. The molecule has 2 aromatic carbocycles. The molecule has 6 heteroatoms. The molecule has 0 unspecified atom stereocenters. The van der Waals surface area contributed by atoms with Crippen LogP contribution in [0, 0.1) is 0 Å². The summed E-state index contributed by atoms with van der Waals surface area (Å²) < 4.78 is 29.1. The summed E-state index contributed by atoms with van der Waals surface area (Å²) in [4.78, 5) is 0. The summed E-state index contributed by atoms with van der Waals surface area (Å²) in [5.74, 6) is 0. The SMILES string of the molecule is CO[C@@H]1O[C@@H]2CO[C@H](c3ccccc3)O[C@@H]2[C@H](O)[C@H]1OCc1ccccc1. The standard InChI is InChI=1S/C21H24O6/c1-23-21-19(24-12-14-8-4-2-5-9-14)17(22)18-16(26-21)13-25-20(27-18)15-10-6-3-7-11-15/h2-11,16-22H,12-13H2,1H3/t16-,17+,18+,19-,20+,21-/m1/s1. The maximum Gasteiger partial charge on any atom is 0.186 e. The van der Waals surface area contributed by atoms with Crippen molar-refractivity contribution in [3.8, 4) is 0 Å². The van der Waals surface area contributed by atoms with Crippen molar-refractivity contribution in [3.05, 3.63) is 71.8 Å². The quantitative estimate of drug-likeness (QED) is 0.870. The Kier molecular flexibility index (Phi) is 5.83. The minimum absolute atomic E-state index is 0.312. The summed E-state index contributed by atoms with van der Waals surface area (Å²) in [5, 5.41) is 10.9. The van der Waals surface area contributed by atoms with Gasteiger partial charge in [0.15, 0.2) is 12.6 Å². The molecule has 144 valence electrons. The molecule has 2 fully saturated rings. The molecule has 2 saturated heterocycles. The van der Waals surface area contributed by atoms with E-state index in [0.717, 1.165) is 11.1 Å². The molecule has 0 saturated carbocycles. The molecule has 0 aliphatic carbocycles. The van der Waals surface area contributed by atoms with E-state index in [1.807, 2.05) is 60.7 Å². The van der Waals surface area contributed by atoms with Gasteiger partial charge in [0.2, 0.25) is 0 Å². The summed E-state index contributed by atoms with van der Waals surface area (Å²) in [6.45, 7) is 0.661. The maximum absolute atomic E-state index is 10.9. The molecule has 0 amide bonds. The van der Waals surface area contributed by atoms with Crippen LogP contribution < -0.4 is 0 Å². The molecule has 2 aromatic rings. The van der Waals surface area contributed by atoms with E-state index in [9.17, 15) is 5.11 Å². The first kappa shape index (κ1) is 18.6. The van der Waals surface area contributed by atoms with Crippen LogP contribution in [0.3, 0.4) is 0 Å². The predicted octanol–water partition coefficient (Wildman–Crippen LogP) is 2.42. The van der Waals surface area contributed by atoms with Crippen molar-refractivity contribution >= 4 is 0 Å². The van der Waals surface area contributed by atoms with E-state index in [1.165, 1.54) is 7.11 Å². The summed E-state index contributed by atoms with van der Waals surface area (Å²) in [7, 11) is 1.54. The molecule has 2 aliphatic rings. The number of aliphatic hydroxyl groups is 1. The number of aliphatic hydroxyl groups excluding tert-OH is 1. The Hall–Kier alpha value is -1.80. The van der Waals surface area contributed by atoms with E-state index in [0.29, 0.717) is 13.2 Å². The predicted molar refractivity (Wildman–Crippen MR) is 96.7 cm³/mol. The topological polar surface area (TPSA) is 66.4 Å². The van der Waals surface area contributed by atoms with E-state index in [1.54, 1.807) is 0 Å². The van der Waals surface area contributed by atoms with Gasteiger partial charge in [-0.25, -0.2) is 0 Å². The highest BCUT2D eigenvalue weighted by atomic mass is 16.8. The molecule has 6 atom stereocenters. The van der Waals surface area contributed by atoms with Crippen LogP contribution in [0.4, 0.5) is 0 Å². The first-order valence-electron chi connectivity index (χ1n) is 9.10. The van der Waals surface area contributed by atoms with Crippen molar-refractivity contribution in [2.75, 3.05) is 13.7 Å². The van der Waals surface area contributed by atoms with Crippen molar-refractivity contribution < 1.29 is 28.8 Å². The highest BCUT2D eigenvalue weighted by Crippen LogP contribution is 2.35. The van der Waals surface area contributed by atoms with Crippen LogP contribution in [0.25, 0.3) is 0 Å².